The highest BCUT2D eigenvalue weighted by Gasteiger charge is 2.07. The average Bonchev–Trinajstić information content (AvgIpc) is 2.50. The van der Waals surface area contributed by atoms with Gasteiger partial charge in [-0.1, -0.05) is 35.9 Å². The van der Waals surface area contributed by atoms with Crippen LogP contribution in [0.1, 0.15) is 29.2 Å². The van der Waals surface area contributed by atoms with E-state index in [4.69, 9.17) is 4.74 Å². The Balaban J connectivity index is 1.89. The van der Waals surface area contributed by atoms with Crippen molar-refractivity contribution in [2.24, 2.45) is 0 Å². The first-order chi connectivity index (χ1) is 10.9. The molecule has 0 atom stereocenters. The molecule has 0 radical (unpaired) electrons. The maximum Gasteiger partial charge on any atom is 0.310 e. The topological polar surface area (TPSA) is 55.4 Å². The molecular formula is C19H21NO3. The number of amides is 1. The summed E-state index contributed by atoms with van der Waals surface area (Å²) in [5.74, 6) is -0.385. The first-order valence-corrected chi connectivity index (χ1v) is 7.52. The molecule has 1 N–H and O–H groups in total. The summed E-state index contributed by atoms with van der Waals surface area (Å²) in [5.41, 5.74) is 4.85. The minimum absolute atomic E-state index is 0.120. The van der Waals surface area contributed by atoms with E-state index in [0.29, 0.717) is 5.69 Å². The van der Waals surface area contributed by atoms with E-state index in [0.717, 1.165) is 22.3 Å². The van der Waals surface area contributed by atoms with Crippen LogP contribution in [0, 0.1) is 13.8 Å². The molecule has 0 bridgehead atoms. The van der Waals surface area contributed by atoms with Gasteiger partial charge in [-0.3, -0.25) is 9.59 Å². The van der Waals surface area contributed by atoms with Gasteiger partial charge in [0.25, 0.3) is 0 Å². The Morgan fingerprint density at radius 2 is 1.74 bits per heavy atom. The molecule has 2 aromatic carbocycles. The van der Waals surface area contributed by atoms with E-state index in [1.165, 1.54) is 6.92 Å². The second kappa shape index (κ2) is 7.58. The number of carbonyl (C=O) groups excluding carboxylic acids is 2. The molecular weight excluding hydrogens is 290 g/mol. The summed E-state index contributed by atoms with van der Waals surface area (Å²) in [6.45, 7) is 5.76. The van der Waals surface area contributed by atoms with Crippen molar-refractivity contribution in [1.82, 2.24) is 0 Å². The number of aryl methyl sites for hydroxylation is 2. The summed E-state index contributed by atoms with van der Waals surface area (Å²) in [6, 6.07) is 13.3. The Bertz CT molecular complexity index is 705. The van der Waals surface area contributed by atoms with Crippen LogP contribution in [-0.4, -0.2) is 11.9 Å². The van der Waals surface area contributed by atoms with Crippen LogP contribution in [0.2, 0.25) is 0 Å². The SMILES string of the molecule is CC(=O)Nc1ccc(CC(=O)OCc2cc(C)ccc2C)cc1. The van der Waals surface area contributed by atoms with E-state index < -0.39 is 0 Å². The summed E-state index contributed by atoms with van der Waals surface area (Å²) in [7, 11) is 0. The fourth-order valence-electron chi connectivity index (χ4n) is 2.24. The highest BCUT2D eigenvalue weighted by Crippen LogP contribution is 2.13. The third-order valence-corrected chi connectivity index (χ3v) is 3.52. The number of anilines is 1. The predicted octanol–water partition coefficient (Wildman–Crippen LogP) is 3.55. The van der Waals surface area contributed by atoms with Crippen LogP contribution >= 0.6 is 0 Å². The van der Waals surface area contributed by atoms with Crippen LogP contribution in [0.3, 0.4) is 0 Å². The minimum Gasteiger partial charge on any atom is -0.461 e. The van der Waals surface area contributed by atoms with Crippen LogP contribution in [0.5, 0.6) is 0 Å². The first-order valence-electron chi connectivity index (χ1n) is 7.52. The predicted molar refractivity (Wildman–Crippen MR) is 90.2 cm³/mol. The summed E-state index contributed by atoms with van der Waals surface area (Å²) in [6.07, 6.45) is 0.214. The van der Waals surface area contributed by atoms with Gasteiger partial charge in [0, 0.05) is 12.6 Å². The standard InChI is InChI=1S/C19H21NO3/c1-13-4-5-14(2)17(10-13)12-23-19(22)11-16-6-8-18(9-7-16)20-15(3)21/h4-10H,11-12H2,1-3H3,(H,20,21). The first kappa shape index (κ1) is 16.7. The van der Waals surface area contributed by atoms with E-state index in [1.807, 2.05) is 44.2 Å². The van der Waals surface area contributed by atoms with E-state index >= 15 is 0 Å². The normalized spacial score (nSPS) is 10.2. The quantitative estimate of drug-likeness (QED) is 0.859. The molecule has 0 fully saturated rings. The van der Waals surface area contributed by atoms with E-state index in [-0.39, 0.29) is 24.9 Å². The van der Waals surface area contributed by atoms with Gasteiger partial charge in [-0.05, 0) is 42.7 Å². The van der Waals surface area contributed by atoms with Gasteiger partial charge in [0.2, 0.25) is 5.91 Å². The molecule has 0 heterocycles. The zero-order chi connectivity index (χ0) is 16.8. The molecule has 2 aromatic rings. The summed E-state index contributed by atoms with van der Waals surface area (Å²) in [4.78, 5) is 22.9. The lowest BCUT2D eigenvalue weighted by atomic mass is 10.1. The molecule has 0 saturated heterocycles. The number of esters is 1. The van der Waals surface area contributed by atoms with Crippen molar-refractivity contribution in [3.8, 4) is 0 Å². The van der Waals surface area contributed by atoms with E-state index in [2.05, 4.69) is 5.32 Å². The lowest BCUT2D eigenvalue weighted by molar-refractivity contribution is -0.144. The highest BCUT2D eigenvalue weighted by atomic mass is 16.5. The van der Waals surface area contributed by atoms with Gasteiger partial charge in [0.05, 0.1) is 6.42 Å². The Morgan fingerprint density at radius 1 is 1.04 bits per heavy atom. The number of rotatable bonds is 5. The van der Waals surface area contributed by atoms with Crippen LogP contribution in [-0.2, 0) is 27.4 Å². The van der Waals surface area contributed by atoms with Crippen molar-refractivity contribution in [1.29, 1.82) is 0 Å². The van der Waals surface area contributed by atoms with Crippen LogP contribution in [0.25, 0.3) is 0 Å². The van der Waals surface area contributed by atoms with Crippen LogP contribution in [0.15, 0.2) is 42.5 Å². The molecule has 120 valence electrons. The lowest BCUT2D eigenvalue weighted by Crippen LogP contribution is -2.09. The van der Waals surface area contributed by atoms with Crippen molar-refractivity contribution in [2.75, 3.05) is 5.32 Å². The Labute approximate surface area is 136 Å². The highest BCUT2D eigenvalue weighted by molar-refractivity contribution is 5.88. The molecule has 4 nitrogen and oxygen atoms in total. The zero-order valence-electron chi connectivity index (χ0n) is 13.7. The lowest BCUT2D eigenvalue weighted by Gasteiger charge is -2.09. The van der Waals surface area contributed by atoms with Crippen molar-refractivity contribution in [2.45, 2.75) is 33.8 Å². The van der Waals surface area contributed by atoms with Crippen molar-refractivity contribution in [3.63, 3.8) is 0 Å². The third-order valence-electron chi connectivity index (χ3n) is 3.52. The van der Waals surface area contributed by atoms with Crippen molar-refractivity contribution < 1.29 is 14.3 Å². The number of benzene rings is 2. The van der Waals surface area contributed by atoms with Crippen molar-refractivity contribution >= 4 is 17.6 Å². The molecule has 0 unspecified atom stereocenters. The summed E-state index contributed by atoms with van der Waals surface area (Å²) < 4.78 is 5.35. The van der Waals surface area contributed by atoms with Gasteiger partial charge in [0.1, 0.15) is 6.61 Å². The second-order valence-electron chi connectivity index (χ2n) is 5.65. The molecule has 4 heteroatoms. The summed E-state index contributed by atoms with van der Waals surface area (Å²) in [5, 5.41) is 2.69. The molecule has 0 aliphatic rings. The van der Waals surface area contributed by atoms with Gasteiger partial charge in [-0.25, -0.2) is 0 Å². The van der Waals surface area contributed by atoms with Crippen molar-refractivity contribution in [3.05, 3.63) is 64.7 Å². The molecule has 0 aliphatic heterocycles. The molecule has 2 rings (SSSR count). The Kier molecular flexibility index (Phi) is 5.52. The average molecular weight is 311 g/mol. The van der Waals surface area contributed by atoms with E-state index in [1.54, 1.807) is 12.1 Å². The third kappa shape index (κ3) is 5.25. The maximum atomic E-state index is 12.0. The minimum atomic E-state index is -0.266. The Morgan fingerprint density at radius 3 is 2.39 bits per heavy atom. The second-order valence-corrected chi connectivity index (χ2v) is 5.65. The van der Waals surface area contributed by atoms with Gasteiger partial charge < -0.3 is 10.1 Å². The smallest absolute Gasteiger partial charge is 0.310 e. The molecule has 0 aliphatic carbocycles. The molecule has 0 spiro atoms. The molecule has 0 aromatic heterocycles. The van der Waals surface area contributed by atoms with Crippen LogP contribution < -0.4 is 5.32 Å². The number of carbonyl (C=O) groups is 2. The fraction of sp³-hybridized carbons (Fsp3) is 0.263. The largest absolute Gasteiger partial charge is 0.461 e. The number of nitrogens with one attached hydrogen (secondary N) is 1. The number of hydrogen-bond acceptors (Lipinski definition) is 3. The van der Waals surface area contributed by atoms with Gasteiger partial charge in [-0.15, -0.1) is 0 Å². The van der Waals surface area contributed by atoms with Crippen LogP contribution in [0.4, 0.5) is 5.69 Å². The van der Waals surface area contributed by atoms with E-state index in [9.17, 15) is 9.59 Å². The molecule has 23 heavy (non-hydrogen) atoms. The van der Waals surface area contributed by atoms with Gasteiger partial charge in [0.15, 0.2) is 0 Å². The van der Waals surface area contributed by atoms with Gasteiger partial charge >= 0.3 is 5.97 Å². The summed E-state index contributed by atoms with van der Waals surface area (Å²) >= 11 is 0. The number of ether oxygens (including phenoxy) is 1. The fourth-order valence-corrected chi connectivity index (χ4v) is 2.24. The maximum absolute atomic E-state index is 12.0. The molecule has 0 saturated carbocycles. The monoisotopic (exact) mass is 311 g/mol. The Hall–Kier alpha value is -2.62. The zero-order valence-corrected chi connectivity index (χ0v) is 13.7. The molecule has 1 amide bonds. The van der Waals surface area contributed by atoms with Gasteiger partial charge in [-0.2, -0.15) is 0 Å². The number of hydrogen-bond donors (Lipinski definition) is 1.